The molecule has 1 aromatic heterocycles. The predicted molar refractivity (Wildman–Crippen MR) is 122 cm³/mol. The predicted octanol–water partition coefficient (Wildman–Crippen LogP) is 5.06. The van der Waals surface area contributed by atoms with E-state index in [1.807, 2.05) is 42.5 Å². The van der Waals surface area contributed by atoms with Crippen molar-refractivity contribution in [2.75, 3.05) is 0 Å². The molecule has 0 radical (unpaired) electrons. The molecule has 0 bridgehead atoms. The van der Waals surface area contributed by atoms with Gasteiger partial charge >= 0.3 is 0 Å². The van der Waals surface area contributed by atoms with Gasteiger partial charge in [0.15, 0.2) is 0 Å². The van der Waals surface area contributed by atoms with E-state index < -0.39 is 0 Å². The van der Waals surface area contributed by atoms with Crippen LogP contribution in [-0.4, -0.2) is 16.7 Å². The summed E-state index contributed by atoms with van der Waals surface area (Å²) in [6, 6.07) is 25.9. The van der Waals surface area contributed by atoms with Gasteiger partial charge in [-0.3, -0.25) is 4.79 Å². The molecule has 0 unspecified atom stereocenters. The molecule has 0 aliphatic heterocycles. The van der Waals surface area contributed by atoms with E-state index in [1.54, 1.807) is 18.3 Å². The van der Waals surface area contributed by atoms with Crippen molar-refractivity contribution >= 4 is 45.6 Å². The molecule has 28 heavy (non-hydrogen) atoms. The Bertz CT molecular complexity index is 1130. The SMILES string of the molecule is O=C(NN=Cc1cn(Cc2ccccc2)c2ccccc12)c1ccc(I)cc1. The molecular weight excluding hydrogens is 461 g/mol. The molecule has 3 aromatic carbocycles. The summed E-state index contributed by atoms with van der Waals surface area (Å²) in [4.78, 5) is 12.2. The van der Waals surface area contributed by atoms with Crippen molar-refractivity contribution < 1.29 is 4.79 Å². The zero-order chi connectivity index (χ0) is 19.3. The average molecular weight is 479 g/mol. The fraction of sp³-hybridized carbons (Fsp3) is 0.0435. The second-order valence-corrected chi connectivity index (χ2v) is 7.67. The van der Waals surface area contributed by atoms with Crippen LogP contribution in [0.2, 0.25) is 0 Å². The maximum absolute atomic E-state index is 12.2. The highest BCUT2D eigenvalue weighted by atomic mass is 127. The lowest BCUT2D eigenvalue weighted by Gasteiger charge is -2.05. The van der Waals surface area contributed by atoms with Crippen LogP contribution in [0.3, 0.4) is 0 Å². The lowest BCUT2D eigenvalue weighted by Crippen LogP contribution is -2.17. The van der Waals surface area contributed by atoms with Crippen LogP contribution < -0.4 is 5.43 Å². The van der Waals surface area contributed by atoms with Crippen LogP contribution in [0.1, 0.15) is 21.5 Å². The van der Waals surface area contributed by atoms with E-state index in [1.165, 1.54) is 5.56 Å². The minimum atomic E-state index is -0.222. The average Bonchev–Trinajstić information content (AvgIpc) is 3.07. The zero-order valence-corrected chi connectivity index (χ0v) is 17.2. The maximum Gasteiger partial charge on any atom is 0.271 e. The Morgan fingerprint density at radius 1 is 0.964 bits per heavy atom. The number of nitrogens with zero attached hydrogens (tertiary/aromatic N) is 2. The van der Waals surface area contributed by atoms with Crippen molar-refractivity contribution in [3.05, 3.63) is 105 Å². The number of para-hydroxylation sites is 1. The number of carbonyl (C=O) groups is 1. The Hall–Kier alpha value is -2.93. The van der Waals surface area contributed by atoms with Crippen molar-refractivity contribution in [1.29, 1.82) is 0 Å². The summed E-state index contributed by atoms with van der Waals surface area (Å²) in [7, 11) is 0. The van der Waals surface area contributed by atoms with Crippen molar-refractivity contribution in [3.63, 3.8) is 0 Å². The number of hydrogen-bond acceptors (Lipinski definition) is 2. The molecule has 4 rings (SSSR count). The summed E-state index contributed by atoms with van der Waals surface area (Å²) in [5.41, 5.74) is 6.53. The third-order valence-electron chi connectivity index (χ3n) is 4.49. The van der Waals surface area contributed by atoms with Gasteiger partial charge in [0, 0.05) is 38.3 Å². The summed E-state index contributed by atoms with van der Waals surface area (Å²) in [5.74, 6) is -0.222. The Morgan fingerprint density at radius 2 is 1.68 bits per heavy atom. The van der Waals surface area contributed by atoms with Gasteiger partial charge in [0.05, 0.1) is 6.21 Å². The highest BCUT2D eigenvalue weighted by Crippen LogP contribution is 2.21. The molecule has 138 valence electrons. The second-order valence-electron chi connectivity index (χ2n) is 6.42. The fourth-order valence-electron chi connectivity index (χ4n) is 3.12. The molecule has 0 atom stereocenters. The highest BCUT2D eigenvalue weighted by molar-refractivity contribution is 14.1. The van der Waals surface area contributed by atoms with Gasteiger partial charge in [0.25, 0.3) is 5.91 Å². The van der Waals surface area contributed by atoms with Crippen LogP contribution in [0.4, 0.5) is 0 Å². The first-order valence-electron chi connectivity index (χ1n) is 8.91. The number of rotatable bonds is 5. The summed E-state index contributed by atoms with van der Waals surface area (Å²) >= 11 is 2.21. The van der Waals surface area contributed by atoms with Gasteiger partial charge in [-0.15, -0.1) is 0 Å². The standard InChI is InChI=1S/C23H18IN3O/c24-20-12-10-18(11-13-20)23(28)26-25-14-19-16-27(15-17-6-2-1-3-7-17)22-9-5-4-8-21(19)22/h1-14,16H,15H2,(H,26,28). The molecule has 5 heteroatoms. The molecular formula is C23H18IN3O. The molecule has 0 aliphatic rings. The van der Waals surface area contributed by atoms with Gasteiger partial charge in [0.2, 0.25) is 0 Å². The van der Waals surface area contributed by atoms with Gasteiger partial charge in [-0.2, -0.15) is 5.10 Å². The number of amides is 1. The third-order valence-corrected chi connectivity index (χ3v) is 5.21. The van der Waals surface area contributed by atoms with Gasteiger partial charge in [-0.1, -0.05) is 48.5 Å². The smallest absolute Gasteiger partial charge is 0.271 e. The minimum absolute atomic E-state index is 0.222. The van der Waals surface area contributed by atoms with Crippen LogP contribution in [0.25, 0.3) is 10.9 Å². The molecule has 0 saturated carbocycles. The molecule has 1 amide bonds. The zero-order valence-electron chi connectivity index (χ0n) is 15.0. The first-order valence-corrected chi connectivity index (χ1v) is 9.99. The molecule has 4 nitrogen and oxygen atoms in total. The number of benzene rings is 3. The number of halogens is 1. The largest absolute Gasteiger partial charge is 0.342 e. The van der Waals surface area contributed by atoms with Crippen LogP contribution in [0.5, 0.6) is 0 Å². The van der Waals surface area contributed by atoms with Gasteiger partial charge in [0.1, 0.15) is 0 Å². The number of carbonyl (C=O) groups excluding carboxylic acids is 1. The van der Waals surface area contributed by atoms with Gasteiger partial charge in [-0.25, -0.2) is 5.43 Å². The second kappa shape index (κ2) is 8.39. The van der Waals surface area contributed by atoms with Crippen molar-refractivity contribution in [3.8, 4) is 0 Å². The Morgan fingerprint density at radius 3 is 2.46 bits per heavy atom. The van der Waals surface area contributed by atoms with Crippen molar-refractivity contribution in [2.24, 2.45) is 5.10 Å². The van der Waals surface area contributed by atoms with Crippen molar-refractivity contribution in [2.45, 2.75) is 6.54 Å². The summed E-state index contributed by atoms with van der Waals surface area (Å²) in [5, 5.41) is 5.27. The molecule has 0 aliphatic carbocycles. The molecule has 0 saturated heterocycles. The summed E-state index contributed by atoms with van der Waals surface area (Å²) < 4.78 is 3.29. The van der Waals surface area contributed by atoms with E-state index >= 15 is 0 Å². The fourth-order valence-corrected chi connectivity index (χ4v) is 3.47. The van der Waals surface area contributed by atoms with Crippen LogP contribution in [0, 0.1) is 3.57 Å². The van der Waals surface area contributed by atoms with E-state index in [2.05, 4.69) is 68.1 Å². The monoisotopic (exact) mass is 479 g/mol. The van der Waals surface area contributed by atoms with Crippen molar-refractivity contribution in [1.82, 2.24) is 9.99 Å². The maximum atomic E-state index is 12.2. The topological polar surface area (TPSA) is 46.4 Å². The summed E-state index contributed by atoms with van der Waals surface area (Å²) in [6.07, 6.45) is 3.77. The van der Waals surface area contributed by atoms with Gasteiger partial charge in [-0.05, 0) is 58.5 Å². The highest BCUT2D eigenvalue weighted by Gasteiger charge is 2.08. The molecule has 1 heterocycles. The van der Waals surface area contributed by atoms with E-state index in [4.69, 9.17) is 0 Å². The number of nitrogens with one attached hydrogen (secondary N) is 1. The number of fused-ring (bicyclic) bond motifs is 1. The lowest BCUT2D eigenvalue weighted by atomic mass is 10.2. The molecule has 0 spiro atoms. The molecule has 1 N–H and O–H groups in total. The lowest BCUT2D eigenvalue weighted by molar-refractivity contribution is 0.0955. The quantitative estimate of drug-likeness (QED) is 0.243. The normalized spacial score (nSPS) is 11.2. The minimum Gasteiger partial charge on any atom is -0.342 e. The Balaban J connectivity index is 1.56. The first-order chi connectivity index (χ1) is 13.7. The Labute approximate surface area is 177 Å². The number of hydrogen-bond donors (Lipinski definition) is 1. The first kappa shape index (κ1) is 18.4. The van der Waals surface area contributed by atoms with E-state index in [0.717, 1.165) is 26.6 Å². The molecule has 4 aromatic rings. The molecule has 0 fully saturated rings. The summed E-state index contributed by atoms with van der Waals surface area (Å²) in [6.45, 7) is 0.782. The van der Waals surface area contributed by atoms with E-state index in [9.17, 15) is 4.79 Å². The van der Waals surface area contributed by atoms with Crippen LogP contribution >= 0.6 is 22.6 Å². The van der Waals surface area contributed by atoms with Crippen LogP contribution in [0.15, 0.2) is 90.2 Å². The third kappa shape index (κ3) is 4.14. The van der Waals surface area contributed by atoms with E-state index in [-0.39, 0.29) is 5.91 Å². The number of aromatic nitrogens is 1. The number of hydrazone groups is 1. The Kier molecular flexibility index (Phi) is 5.53. The van der Waals surface area contributed by atoms with Gasteiger partial charge < -0.3 is 4.57 Å². The van der Waals surface area contributed by atoms with E-state index in [0.29, 0.717) is 5.56 Å². The van der Waals surface area contributed by atoms with Crippen LogP contribution in [-0.2, 0) is 6.54 Å².